The number of benzene rings is 4. The van der Waals surface area contributed by atoms with Crippen molar-refractivity contribution >= 4 is 17.3 Å². The normalized spacial score (nSPS) is 13.5. The number of carbonyl (C=O) groups is 1. The Labute approximate surface area is 280 Å². The van der Waals surface area contributed by atoms with Gasteiger partial charge in [-0.05, 0) is 105 Å². The first-order valence-electron chi connectivity index (χ1n) is 16.3. The average molecular weight is 639 g/mol. The zero-order chi connectivity index (χ0) is 33.9. The Morgan fingerprint density at radius 2 is 1.21 bits per heavy atom. The first-order valence-corrected chi connectivity index (χ1v) is 16.3. The van der Waals surface area contributed by atoms with Gasteiger partial charge in [0.15, 0.2) is 0 Å². The van der Waals surface area contributed by atoms with Crippen molar-refractivity contribution in [2.45, 2.75) is 52.7 Å². The largest absolute Gasteiger partial charge is 0.481 e. The summed E-state index contributed by atoms with van der Waals surface area (Å²) in [5, 5.41) is 10.8. The summed E-state index contributed by atoms with van der Waals surface area (Å²) >= 11 is 0. The minimum atomic E-state index is -0.833. The van der Waals surface area contributed by atoms with E-state index in [1.165, 1.54) is 33.6 Å². The standard InChI is InChI=1S/C20H26N2O.C17H20N2O.C2H4O2/c1-15(2)22-13-12-19-16(14-22)6-5-7-20(19)23-18-10-8-17(9-11-18)21(3)4;1-19(2)14-6-8-15(9-7-14)20-17-5-3-4-13-12-18-11-10-16(13)17;1-2(3)4/h5-11,15H,12-14H2,1-4H3;3-9,18H,10-12H2,1-2H3;1H3,(H,3,4). The molecule has 2 aliphatic rings. The van der Waals surface area contributed by atoms with Crippen LogP contribution >= 0.6 is 0 Å². The molecule has 2 aliphatic heterocycles. The van der Waals surface area contributed by atoms with Crippen molar-refractivity contribution in [2.24, 2.45) is 0 Å². The van der Waals surface area contributed by atoms with Gasteiger partial charge in [0.1, 0.15) is 23.0 Å². The highest BCUT2D eigenvalue weighted by Crippen LogP contribution is 2.33. The minimum absolute atomic E-state index is 0.589. The Morgan fingerprint density at radius 3 is 1.68 bits per heavy atom. The van der Waals surface area contributed by atoms with Crippen molar-refractivity contribution in [3.05, 3.63) is 107 Å². The molecule has 4 aromatic rings. The SMILES string of the molecule is CC(=O)O.CC(C)N1CCc2c(cccc2Oc2ccc(N(C)C)cc2)C1.CN(C)c1ccc(Oc2cccc3c2CCNC3)cc1. The highest BCUT2D eigenvalue weighted by atomic mass is 16.5. The topological polar surface area (TPSA) is 77.5 Å². The fraction of sp³-hybridized carbons (Fsp3) is 0.359. The van der Waals surface area contributed by atoms with E-state index in [-0.39, 0.29) is 0 Å². The van der Waals surface area contributed by atoms with E-state index in [0.29, 0.717) is 6.04 Å². The molecule has 4 aromatic carbocycles. The van der Waals surface area contributed by atoms with Gasteiger partial charge < -0.3 is 29.7 Å². The van der Waals surface area contributed by atoms with Crippen LogP contribution in [0.3, 0.4) is 0 Å². The Bertz CT molecular complexity index is 1580. The lowest BCUT2D eigenvalue weighted by Crippen LogP contribution is -2.35. The predicted molar refractivity (Wildman–Crippen MR) is 193 cm³/mol. The molecular formula is C39H50N4O4. The summed E-state index contributed by atoms with van der Waals surface area (Å²) in [7, 11) is 8.17. The maximum atomic E-state index is 9.00. The summed E-state index contributed by atoms with van der Waals surface area (Å²) in [4.78, 5) is 15.7. The van der Waals surface area contributed by atoms with Gasteiger partial charge in [-0.25, -0.2) is 0 Å². The third-order valence-electron chi connectivity index (χ3n) is 8.24. The van der Waals surface area contributed by atoms with Crippen LogP contribution in [0.25, 0.3) is 0 Å². The Hall–Kier alpha value is -4.53. The van der Waals surface area contributed by atoms with Gasteiger partial charge in [-0.15, -0.1) is 0 Å². The summed E-state index contributed by atoms with van der Waals surface area (Å²) in [6.07, 6.45) is 2.08. The molecule has 0 saturated carbocycles. The summed E-state index contributed by atoms with van der Waals surface area (Å²) in [5.41, 5.74) is 7.80. The smallest absolute Gasteiger partial charge is 0.300 e. The summed E-state index contributed by atoms with van der Waals surface area (Å²) in [5.74, 6) is 2.95. The van der Waals surface area contributed by atoms with Crippen molar-refractivity contribution in [3.63, 3.8) is 0 Å². The second kappa shape index (κ2) is 16.9. The number of anilines is 2. The molecule has 8 nitrogen and oxygen atoms in total. The molecule has 0 saturated heterocycles. The Kier molecular flexibility index (Phi) is 12.7. The van der Waals surface area contributed by atoms with Gasteiger partial charge in [0.05, 0.1) is 0 Å². The third-order valence-corrected chi connectivity index (χ3v) is 8.24. The molecule has 250 valence electrons. The number of nitrogens with zero attached hydrogens (tertiary/aromatic N) is 3. The molecule has 8 heteroatoms. The van der Waals surface area contributed by atoms with E-state index >= 15 is 0 Å². The van der Waals surface area contributed by atoms with Gasteiger partial charge in [0, 0.05) is 83.3 Å². The van der Waals surface area contributed by atoms with Gasteiger partial charge in [0.2, 0.25) is 0 Å². The van der Waals surface area contributed by atoms with Crippen LogP contribution in [-0.2, 0) is 30.7 Å². The zero-order valence-electron chi connectivity index (χ0n) is 28.9. The highest BCUT2D eigenvalue weighted by molar-refractivity contribution is 5.63. The van der Waals surface area contributed by atoms with Crippen molar-refractivity contribution in [1.29, 1.82) is 0 Å². The van der Waals surface area contributed by atoms with Crippen molar-refractivity contribution in [2.75, 3.05) is 51.1 Å². The number of carboxylic acids is 1. The summed E-state index contributed by atoms with van der Waals surface area (Å²) in [6, 6.07) is 29.8. The molecule has 0 unspecified atom stereocenters. The van der Waals surface area contributed by atoms with Gasteiger partial charge >= 0.3 is 0 Å². The fourth-order valence-electron chi connectivity index (χ4n) is 5.60. The lowest BCUT2D eigenvalue weighted by Gasteiger charge is -2.32. The molecule has 2 heterocycles. The third kappa shape index (κ3) is 10.2. The van der Waals surface area contributed by atoms with Crippen molar-refractivity contribution < 1.29 is 19.4 Å². The lowest BCUT2D eigenvalue weighted by atomic mass is 9.98. The first kappa shape index (κ1) is 35.3. The fourth-order valence-corrected chi connectivity index (χ4v) is 5.60. The molecule has 0 aromatic heterocycles. The monoisotopic (exact) mass is 638 g/mol. The van der Waals surface area contributed by atoms with Crippen LogP contribution in [0.1, 0.15) is 43.0 Å². The van der Waals surface area contributed by atoms with E-state index < -0.39 is 5.97 Å². The number of rotatable bonds is 7. The molecular weight excluding hydrogens is 588 g/mol. The molecule has 0 radical (unpaired) electrons. The lowest BCUT2D eigenvalue weighted by molar-refractivity contribution is -0.134. The quantitative estimate of drug-likeness (QED) is 0.214. The number of nitrogens with one attached hydrogen (secondary N) is 1. The van der Waals surface area contributed by atoms with Crippen LogP contribution in [-0.4, -0.2) is 63.3 Å². The Balaban J connectivity index is 0.000000193. The van der Waals surface area contributed by atoms with Gasteiger partial charge in [-0.3, -0.25) is 9.69 Å². The maximum Gasteiger partial charge on any atom is 0.300 e. The molecule has 0 bridgehead atoms. The van der Waals surface area contributed by atoms with E-state index in [1.54, 1.807) is 0 Å². The number of hydrogen-bond donors (Lipinski definition) is 2. The van der Waals surface area contributed by atoms with E-state index in [4.69, 9.17) is 19.4 Å². The average Bonchev–Trinajstić information content (AvgIpc) is 3.05. The van der Waals surface area contributed by atoms with Crippen LogP contribution in [0, 0.1) is 0 Å². The van der Waals surface area contributed by atoms with Crippen LogP contribution < -0.4 is 24.6 Å². The van der Waals surface area contributed by atoms with E-state index in [2.05, 4.69) is 94.5 Å². The van der Waals surface area contributed by atoms with Crippen molar-refractivity contribution in [1.82, 2.24) is 10.2 Å². The zero-order valence-corrected chi connectivity index (χ0v) is 28.9. The summed E-state index contributed by atoms with van der Waals surface area (Å²) < 4.78 is 12.2. The van der Waals surface area contributed by atoms with Crippen LogP contribution in [0.15, 0.2) is 84.9 Å². The molecule has 0 atom stereocenters. The number of carboxylic acid groups (broad SMARTS) is 1. The number of hydrogen-bond acceptors (Lipinski definition) is 7. The van der Waals surface area contributed by atoms with Gasteiger partial charge in [-0.1, -0.05) is 24.3 Å². The number of fused-ring (bicyclic) bond motifs is 2. The Morgan fingerprint density at radius 1 is 0.745 bits per heavy atom. The summed E-state index contributed by atoms with van der Waals surface area (Å²) in [6.45, 7) is 9.68. The molecule has 6 rings (SSSR count). The maximum absolute atomic E-state index is 9.00. The molecule has 0 spiro atoms. The second-order valence-electron chi connectivity index (χ2n) is 12.5. The first-order chi connectivity index (χ1) is 22.5. The van der Waals surface area contributed by atoms with Crippen molar-refractivity contribution in [3.8, 4) is 23.0 Å². The number of ether oxygens (including phenoxy) is 2. The molecule has 2 N–H and O–H groups in total. The van der Waals surface area contributed by atoms with Gasteiger partial charge in [-0.2, -0.15) is 0 Å². The molecule has 0 aliphatic carbocycles. The predicted octanol–water partition coefficient (Wildman–Crippen LogP) is 7.59. The molecule has 0 amide bonds. The van der Waals surface area contributed by atoms with Crippen LogP contribution in [0.2, 0.25) is 0 Å². The molecule has 0 fully saturated rings. The van der Waals surface area contributed by atoms with E-state index in [9.17, 15) is 0 Å². The second-order valence-corrected chi connectivity index (χ2v) is 12.5. The van der Waals surface area contributed by atoms with E-state index in [0.717, 1.165) is 68.9 Å². The van der Waals surface area contributed by atoms with Crippen LogP contribution in [0.5, 0.6) is 23.0 Å². The van der Waals surface area contributed by atoms with E-state index in [1.807, 2.05) is 52.5 Å². The van der Waals surface area contributed by atoms with Gasteiger partial charge in [0.25, 0.3) is 5.97 Å². The highest BCUT2D eigenvalue weighted by Gasteiger charge is 2.21. The van der Waals surface area contributed by atoms with Crippen LogP contribution in [0.4, 0.5) is 11.4 Å². The number of aliphatic carboxylic acids is 1. The minimum Gasteiger partial charge on any atom is -0.481 e. The molecule has 47 heavy (non-hydrogen) atoms.